The van der Waals surface area contributed by atoms with Crippen LogP contribution < -0.4 is 4.74 Å². The van der Waals surface area contributed by atoms with Crippen LogP contribution in [0.4, 0.5) is 0 Å². The van der Waals surface area contributed by atoms with Gasteiger partial charge in [-0.1, -0.05) is 12.1 Å². The molecule has 0 aliphatic rings. The average molecular weight is 395 g/mol. The third kappa shape index (κ3) is 3.68. The van der Waals surface area contributed by atoms with Gasteiger partial charge in [0.25, 0.3) is 5.91 Å². The number of carbonyl (C=O) groups is 2. The van der Waals surface area contributed by atoms with Gasteiger partial charge in [-0.3, -0.25) is 9.59 Å². The van der Waals surface area contributed by atoms with Crippen molar-refractivity contribution in [1.82, 2.24) is 14.5 Å². The molecular formula is C22H25N3O4. The second-order valence-corrected chi connectivity index (χ2v) is 7.16. The largest absolute Gasteiger partial charge is 0.505 e. The van der Waals surface area contributed by atoms with Gasteiger partial charge in [0, 0.05) is 38.7 Å². The van der Waals surface area contributed by atoms with E-state index in [4.69, 9.17) is 4.74 Å². The number of phenolic OH excluding ortho intramolecular Hbond substituents is 1. The lowest BCUT2D eigenvalue weighted by atomic mass is 9.96. The predicted octanol–water partition coefficient (Wildman–Crippen LogP) is 3.11. The normalized spacial score (nSPS) is 10.9. The summed E-state index contributed by atoms with van der Waals surface area (Å²) in [5.41, 5.74) is 2.38. The first kappa shape index (κ1) is 20.4. The van der Waals surface area contributed by atoms with Gasteiger partial charge < -0.3 is 19.3 Å². The molecule has 7 heteroatoms. The maximum Gasteiger partial charge on any atom is 0.253 e. The number of hydrogen-bond donors (Lipinski definition) is 1. The maximum absolute atomic E-state index is 12.8. The first-order valence-corrected chi connectivity index (χ1v) is 9.32. The minimum atomic E-state index is -0.235. The third-order valence-corrected chi connectivity index (χ3v) is 5.13. The van der Waals surface area contributed by atoms with Crippen LogP contribution in [0.2, 0.25) is 0 Å². The second-order valence-electron chi connectivity index (χ2n) is 7.16. The molecule has 0 saturated carbocycles. The van der Waals surface area contributed by atoms with E-state index in [0.29, 0.717) is 33.5 Å². The highest BCUT2D eigenvalue weighted by Crippen LogP contribution is 2.33. The number of phenols is 1. The number of aromatic nitrogens is 2. The molecule has 0 unspecified atom stereocenters. The molecule has 0 atom stereocenters. The molecule has 0 radical (unpaired) electrons. The SMILES string of the molecule is COc1ccccc1C(=O)CCc1c(C(=O)N(C)C)cc2c(nc(C)n2C)c1O. The summed E-state index contributed by atoms with van der Waals surface area (Å²) < 4.78 is 7.09. The summed E-state index contributed by atoms with van der Waals surface area (Å²) in [6, 6.07) is 8.75. The molecule has 0 saturated heterocycles. The van der Waals surface area contributed by atoms with E-state index < -0.39 is 0 Å². The van der Waals surface area contributed by atoms with E-state index in [-0.39, 0.29) is 30.3 Å². The topological polar surface area (TPSA) is 84.7 Å². The number of methoxy groups -OCH3 is 1. The van der Waals surface area contributed by atoms with Crippen LogP contribution in [0.3, 0.4) is 0 Å². The van der Waals surface area contributed by atoms with Crippen LogP contribution in [0.15, 0.2) is 30.3 Å². The minimum absolute atomic E-state index is 0.0516. The van der Waals surface area contributed by atoms with Gasteiger partial charge in [-0.05, 0) is 31.5 Å². The number of Topliss-reactive ketones (excluding diaryl/α,β-unsaturated/α-hetero) is 1. The number of para-hydroxylation sites is 1. The molecule has 1 heterocycles. The molecular weight excluding hydrogens is 370 g/mol. The van der Waals surface area contributed by atoms with Crippen molar-refractivity contribution in [2.45, 2.75) is 19.8 Å². The zero-order valence-electron chi connectivity index (χ0n) is 17.3. The van der Waals surface area contributed by atoms with Crippen LogP contribution >= 0.6 is 0 Å². The number of carbonyl (C=O) groups excluding carboxylic acids is 2. The average Bonchev–Trinajstić information content (AvgIpc) is 3.00. The third-order valence-electron chi connectivity index (χ3n) is 5.13. The Labute approximate surface area is 169 Å². The molecule has 0 fully saturated rings. The lowest BCUT2D eigenvalue weighted by molar-refractivity contribution is 0.0825. The number of fused-ring (bicyclic) bond motifs is 1. The molecule has 1 amide bonds. The predicted molar refractivity (Wildman–Crippen MR) is 111 cm³/mol. The molecule has 3 rings (SSSR count). The van der Waals surface area contributed by atoms with Crippen LogP contribution in [0.1, 0.15) is 38.5 Å². The molecule has 2 aromatic carbocycles. The summed E-state index contributed by atoms with van der Waals surface area (Å²) in [5.74, 6) is 0.815. The molecule has 0 aliphatic carbocycles. The summed E-state index contributed by atoms with van der Waals surface area (Å²) in [4.78, 5) is 31.4. The fourth-order valence-electron chi connectivity index (χ4n) is 3.39. The van der Waals surface area contributed by atoms with E-state index in [1.54, 1.807) is 44.4 Å². The van der Waals surface area contributed by atoms with Gasteiger partial charge in [0.2, 0.25) is 0 Å². The van der Waals surface area contributed by atoms with Crippen molar-refractivity contribution in [3.8, 4) is 11.5 Å². The Hall–Kier alpha value is -3.35. The number of ether oxygens (including phenoxy) is 1. The van der Waals surface area contributed by atoms with Gasteiger partial charge in [0.15, 0.2) is 5.78 Å². The van der Waals surface area contributed by atoms with Crippen molar-refractivity contribution in [3.63, 3.8) is 0 Å². The summed E-state index contributed by atoms with van der Waals surface area (Å²) in [7, 11) is 6.66. The van der Waals surface area contributed by atoms with Crippen LogP contribution in [0.25, 0.3) is 11.0 Å². The van der Waals surface area contributed by atoms with Gasteiger partial charge in [0.1, 0.15) is 22.8 Å². The zero-order chi connectivity index (χ0) is 21.3. The lowest BCUT2D eigenvalue weighted by Crippen LogP contribution is -2.23. The Balaban J connectivity index is 2.03. The van der Waals surface area contributed by atoms with Crippen molar-refractivity contribution < 1.29 is 19.4 Å². The molecule has 0 bridgehead atoms. The molecule has 7 nitrogen and oxygen atoms in total. The van der Waals surface area contributed by atoms with E-state index in [9.17, 15) is 14.7 Å². The van der Waals surface area contributed by atoms with Gasteiger partial charge >= 0.3 is 0 Å². The summed E-state index contributed by atoms with van der Waals surface area (Å²) in [6.45, 7) is 1.83. The number of imidazole rings is 1. The highest BCUT2D eigenvalue weighted by Gasteiger charge is 2.23. The minimum Gasteiger partial charge on any atom is -0.505 e. The Kier molecular flexibility index (Phi) is 5.59. The zero-order valence-corrected chi connectivity index (χ0v) is 17.3. The number of benzene rings is 2. The van der Waals surface area contributed by atoms with Crippen LogP contribution in [-0.4, -0.2) is 52.5 Å². The highest BCUT2D eigenvalue weighted by atomic mass is 16.5. The number of aromatic hydroxyl groups is 1. The molecule has 1 N–H and O–H groups in total. The van der Waals surface area contributed by atoms with Gasteiger partial charge in [0.05, 0.1) is 18.2 Å². The van der Waals surface area contributed by atoms with E-state index >= 15 is 0 Å². The van der Waals surface area contributed by atoms with Crippen molar-refractivity contribution in [2.24, 2.45) is 7.05 Å². The Morgan fingerprint density at radius 3 is 2.55 bits per heavy atom. The first-order chi connectivity index (χ1) is 13.8. The molecule has 0 aliphatic heterocycles. The second kappa shape index (κ2) is 7.95. The van der Waals surface area contributed by atoms with Gasteiger partial charge in [-0.2, -0.15) is 0 Å². The molecule has 29 heavy (non-hydrogen) atoms. The van der Waals surface area contributed by atoms with E-state index in [1.165, 1.54) is 12.0 Å². The number of hydrogen-bond acceptors (Lipinski definition) is 5. The number of aryl methyl sites for hydroxylation is 2. The Morgan fingerprint density at radius 1 is 1.21 bits per heavy atom. The van der Waals surface area contributed by atoms with Crippen LogP contribution in [-0.2, 0) is 13.5 Å². The van der Waals surface area contributed by atoms with Gasteiger partial charge in [-0.15, -0.1) is 0 Å². The Bertz CT molecular complexity index is 1100. The monoisotopic (exact) mass is 395 g/mol. The summed E-state index contributed by atoms with van der Waals surface area (Å²) in [5, 5.41) is 10.9. The fourth-order valence-corrected chi connectivity index (χ4v) is 3.39. The summed E-state index contributed by atoms with van der Waals surface area (Å²) in [6.07, 6.45) is 0.335. The molecule has 152 valence electrons. The summed E-state index contributed by atoms with van der Waals surface area (Å²) >= 11 is 0. The smallest absolute Gasteiger partial charge is 0.253 e. The van der Waals surface area contributed by atoms with Crippen LogP contribution in [0.5, 0.6) is 11.5 Å². The highest BCUT2D eigenvalue weighted by molar-refractivity contribution is 6.02. The van der Waals surface area contributed by atoms with Crippen LogP contribution in [0, 0.1) is 6.92 Å². The van der Waals surface area contributed by atoms with E-state index in [1.807, 2.05) is 18.5 Å². The quantitative estimate of drug-likeness (QED) is 0.648. The number of rotatable bonds is 6. The number of ketones is 1. The van der Waals surface area contributed by atoms with Crippen molar-refractivity contribution in [2.75, 3.05) is 21.2 Å². The van der Waals surface area contributed by atoms with Crippen molar-refractivity contribution in [1.29, 1.82) is 0 Å². The molecule has 3 aromatic rings. The van der Waals surface area contributed by atoms with E-state index in [2.05, 4.69) is 4.98 Å². The Morgan fingerprint density at radius 2 is 1.90 bits per heavy atom. The molecule has 0 spiro atoms. The standard InChI is InChI=1S/C22H25N3O4/c1-13-23-20-17(25(13)4)12-16(22(28)24(2)3)14(21(20)27)10-11-18(26)15-8-6-7-9-19(15)29-5/h6-9,12,27H,10-11H2,1-5H3. The maximum atomic E-state index is 12.8. The van der Waals surface area contributed by atoms with E-state index in [0.717, 1.165) is 5.82 Å². The fraction of sp³-hybridized carbons (Fsp3) is 0.318. The van der Waals surface area contributed by atoms with Crippen molar-refractivity contribution >= 4 is 22.7 Å². The first-order valence-electron chi connectivity index (χ1n) is 9.32. The van der Waals surface area contributed by atoms with Gasteiger partial charge in [-0.25, -0.2) is 4.98 Å². The number of nitrogens with zero attached hydrogens (tertiary/aromatic N) is 3. The lowest BCUT2D eigenvalue weighted by Gasteiger charge is -2.16. The number of amides is 1. The van der Waals surface area contributed by atoms with Crippen molar-refractivity contribution in [3.05, 3.63) is 52.8 Å². The molecule has 1 aromatic heterocycles.